The number of pyridine rings is 1. The SMILES string of the molecule is CCC(CC)C(=O)Nc1cc(-c2cccnc2)no1. The molecule has 2 aromatic heterocycles. The fourth-order valence-corrected chi connectivity index (χ4v) is 1.87. The molecule has 1 N–H and O–H groups in total. The van der Waals surface area contributed by atoms with Gasteiger partial charge in [-0.15, -0.1) is 0 Å². The van der Waals surface area contributed by atoms with Crippen LogP contribution in [0.1, 0.15) is 26.7 Å². The van der Waals surface area contributed by atoms with Gasteiger partial charge in [-0.3, -0.25) is 15.1 Å². The predicted octanol–water partition coefficient (Wildman–Crippen LogP) is 3.11. The Hall–Kier alpha value is -2.17. The van der Waals surface area contributed by atoms with Crippen LogP contribution in [0.5, 0.6) is 0 Å². The lowest BCUT2D eigenvalue weighted by Gasteiger charge is -2.09. The van der Waals surface area contributed by atoms with E-state index in [1.54, 1.807) is 18.5 Å². The van der Waals surface area contributed by atoms with Crippen molar-refractivity contribution in [3.8, 4) is 11.3 Å². The Balaban J connectivity index is 2.08. The predicted molar refractivity (Wildman–Crippen MR) is 72.4 cm³/mol. The number of amides is 1. The van der Waals surface area contributed by atoms with E-state index in [4.69, 9.17) is 4.52 Å². The van der Waals surface area contributed by atoms with Crippen LogP contribution in [0, 0.1) is 5.92 Å². The second-order valence-corrected chi connectivity index (χ2v) is 4.32. The molecule has 0 aliphatic heterocycles. The van der Waals surface area contributed by atoms with Crippen LogP contribution in [-0.4, -0.2) is 16.0 Å². The molecule has 0 aliphatic carbocycles. The van der Waals surface area contributed by atoms with E-state index in [-0.39, 0.29) is 11.8 Å². The first-order valence-corrected chi connectivity index (χ1v) is 6.42. The summed E-state index contributed by atoms with van der Waals surface area (Å²) in [6, 6.07) is 5.42. The molecular weight excluding hydrogens is 242 g/mol. The fourth-order valence-electron chi connectivity index (χ4n) is 1.87. The summed E-state index contributed by atoms with van der Waals surface area (Å²) in [6.07, 6.45) is 5.02. The van der Waals surface area contributed by atoms with Gasteiger partial charge in [-0.2, -0.15) is 0 Å². The zero-order chi connectivity index (χ0) is 13.7. The molecule has 2 aromatic rings. The molecule has 2 rings (SSSR count). The van der Waals surface area contributed by atoms with Crippen molar-refractivity contribution < 1.29 is 9.32 Å². The highest BCUT2D eigenvalue weighted by molar-refractivity contribution is 5.91. The number of nitrogens with zero attached hydrogens (tertiary/aromatic N) is 2. The van der Waals surface area contributed by atoms with Gasteiger partial charge >= 0.3 is 0 Å². The van der Waals surface area contributed by atoms with Crippen LogP contribution in [0.15, 0.2) is 35.1 Å². The third kappa shape index (κ3) is 3.19. The van der Waals surface area contributed by atoms with Crippen LogP contribution in [0.2, 0.25) is 0 Å². The molecule has 0 saturated heterocycles. The van der Waals surface area contributed by atoms with Crippen LogP contribution in [0.3, 0.4) is 0 Å². The van der Waals surface area contributed by atoms with E-state index >= 15 is 0 Å². The average Bonchev–Trinajstić information content (AvgIpc) is 2.89. The van der Waals surface area contributed by atoms with E-state index < -0.39 is 0 Å². The molecule has 0 saturated carbocycles. The average molecular weight is 259 g/mol. The molecular formula is C14H17N3O2. The third-order valence-electron chi connectivity index (χ3n) is 3.07. The van der Waals surface area contributed by atoms with E-state index in [0.717, 1.165) is 18.4 Å². The Morgan fingerprint density at radius 2 is 2.21 bits per heavy atom. The van der Waals surface area contributed by atoms with Gasteiger partial charge in [0.05, 0.1) is 0 Å². The Kier molecular flexibility index (Phi) is 4.28. The first-order chi connectivity index (χ1) is 9.24. The maximum Gasteiger partial charge on any atom is 0.231 e. The van der Waals surface area contributed by atoms with Gasteiger partial charge in [0.15, 0.2) is 0 Å². The molecule has 100 valence electrons. The van der Waals surface area contributed by atoms with Gasteiger partial charge in [0.2, 0.25) is 11.8 Å². The fraction of sp³-hybridized carbons (Fsp3) is 0.357. The minimum absolute atomic E-state index is 0.00643. The second-order valence-electron chi connectivity index (χ2n) is 4.32. The lowest BCUT2D eigenvalue weighted by molar-refractivity contribution is -0.120. The van der Waals surface area contributed by atoms with Crippen LogP contribution in [0.4, 0.5) is 5.88 Å². The summed E-state index contributed by atoms with van der Waals surface area (Å²) < 4.78 is 5.12. The van der Waals surface area contributed by atoms with E-state index in [1.165, 1.54) is 0 Å². The molecule has 0 aliphatic rings. The summed E-state index contributed by atoms with van der Waals surface area (Å²) in [5.74, 6) is 0.349. The van der Waals surface area contributed by atoms with Gasteiger partial charge in [-0.1, -0.05) is 19.0 Å². The van der Waals surface area contributed by atoms with E-state index in [2.05, 4.69) is 15.5 Å². The molecule has 0 fully saturated rings. The van der Waals surface area contributed by atoms with Crippen molar-refractivity contribution in [2.45, 2.75) is 26.7 Å². The first-order valence-electron chi connectivity index (χ1n) is 6.42. The van der Waals surface area contributed by atoms with Crippen LogP contribution < -0.4 is 5.32 Å². The van der Waals surface area contributed by atoms with Crippen LogP contribution >= 0.6 is 0 Å². The maximum atomic E-state index is 11.9. The number of aromatic nitrogens is 2. The van der Waals surface area contributed by atoms with Gasteiger partial charge in [-0.05, 0) is 25.0 Å². The second kappa shape index (κ2) is 6.13. The Labute approximate surface area is 112 Å². The van der Waals surface area contributed by atoms with E-state index in [9.17, 15) is 4.79 Å². The molecule has 0 spiro atoms. The van der Waals surface area contributed by atoms with Gasteiger partial charge in [0, 0.05) is 29.9 Å². The third-order valence-corrected chi connectivity index (χ3v) is 3.07. The summed E-state index contributed by atoms with van der Waals surface area (Å²) in [5, 5.41) is 6.67. The number of nitrogens with one attached hydrogen (secondary N) is 1. The van der Waals surface area contributed by atoms with Gasteiger partial charge in [0.1, 0.15) is 5.69 Å². The van der Waals surface area contributed by atoms with Crippen molar-refractivity contribution in [2.24, 2.45) is 5.92 Å². The normalized spacial score (nSPS) is 10.7. The summed E-state index contributed by atoms with van der Waals surface area (Å²) >= 11 is 0. The van der Waals surface area contributed by atoms with E-state index in [1.807, 2.05) is 26.0 Å². The summed E-state index contributed by atoms with van der Waals surface area (Å²) in [4.78, 5) is 15.9. The highest BCUT2D eigenvalue weighted by atomic mass is 16.5. The van der Waals surface area contributed by atoms with Gasteiger partial charge in [0.25, 0.3) is 0 Å². The Bertz CT molecular complexity index is 533. The van der Waals surface area contributed by atoms with Crippen LogP contribution in [-0.2, 0) is 4.79 Å². The van der Waals surface area contributed by atoms with Crippen molar-refractivity contribution in [1.29, 1.82) is 0 Å². The molecule has 5 heteroatoms. The molecule has 0 radical (unpaired) electrons. The van der Waals surface area contributed by atoms with Crippen molar-refractivity contribution in [1.82, 2.24) is 10.1 Å². The largest absolute Gasteiger partial charge is 0.338 e. The Morgan fingerprint density at radius 1 is 1.42 bits per heavy atom. The topological polar surface area (TPSA) is 68.0 Å². The van der Waals surface area contributed by atoms with Crippen molar-refractivity contribution in [3.63, 3.8) is 0 Å². The van der Waals surface area contributed by atoms with Crippen LogP contribution in [0.25, 0.3) is 11.3 Å². The quantitative estimate of drug-likeness (QED) is 0.895. The van der Waals surface area contributed by atoms with Gasteiger partial charge < -0.3 is 4.52 Å². The highest BCUT2D eigenvalue weighted by Gasteiger charge is 2.16. The summed E-state index contributed by atoms with van der Waals surface area (Å²) in [6.45, 7) is 3.99. The van der Waals surface area contributed by atoms with E-state index in [0.29, 0.717) is 11.6 Å². The van der Waals surface area contributed by atoms with Gasteiger partial charge in [-0.25, -0.2) is 0 Å². The first kappa shape index (κ1) is 13.3. The molecule has 0 unspecified atom stereocenters. The lowest BCUT2D eigenvalue weighted by atomic mass is 10.0. The standard InChI is InChI=1S/C14H17N3O2/c1-3-10(4-2)14(18)16-13-8-12(17-19-13)11-6-5-7-15-9-11/h5-10H,3-4H2,1-2H3,(H,16,18). The Morgan fingerprint density at radius 3 is 2.84 bits per heavy atom. The number of hydrogen-bond donors (Lipinski definition) is 1. The minimum atomic E-state index is -0.0288. The monoisotopic (exact) mass is 259 g/mol. The molecule has 2 heterocycles. The van der Waals surface area contributed by atoms with Crippen molar-refractivity contribution >= 4 is 11.8 Å². The molecule has 0 bridgehead atoms. The molecule has 19 heavy (non-hydrogen) atoms. The molecule has 0 aromatic carbocycles. The minimum Gasteiger partial charge on any atom is -0.338 e. The molecule has 0 atom stereocenters. The zero-order valence-electron chi connectivity index (χ0n) is 11.1. The molecule has 5 nitrogen and oxygen atoms in total. The number of rotatable bonds is 5. The zero-order valence-corrected chi connectivity index (χ0v) is 11.1. The highest BCUT2D eigenvalue weighted by Crippen LogP contribution is 2.21. The number of carbonyl (C=O) groups is 1. The number of anilines is 1. The van der Waals surface area contributed by atoms with Crippen molar-refractivity contribution in [2.75, 3.05) is 5.32 Å². The lowest BCUT2D eigenvalue weighted by Crippen LogP contribution is -2.21. The summed E-state index contributed by atoms with van der Waals surface area (Å²) in [5.41, 5.74) is 1.52. The number of hydrogen-bond acceptors (Lipinski definition) is 4. The van der Waals surface area contributed by atoms with Crippen molar-refractivity contribution in [3.05, 3.63) is 30.6 Å². The molecule has 1 amide bonds. The number of carbonyl (C=O) groups excluding carboxylic acids is 1. The summed E-state index contributed by atoms with van der Waals surface area (Å²) in [7, 11) is 0. The maximum absolute atomic E-state index is 11.9. The smallest absolute Gasteiger partial charge is 0.231 e.